The molecule has 2 heterocycles. The number of amidine groups is 1. The van der Waals surface area contributed by atoms with Crippen molar-refractivity contribution in [3.05, 3.63) is 240 Å². The van der Waals surface area contributed by atoms with Crippen LogP contribution < -0.4 is 5.01 Å². The second-order valence-corrected chi connectivity index (χ2v) is 14.3. The number of hydrogen-bond donors (Lipinski definition) is 0. The van der Waals surface area contributed by atoms with Crippen LogP contribution in [0.5, 0.6) is 0 Å². The number of rotatable bonds is 6. The van der Waals surface area contributed by atoms with E-state index in [-0.39, 0.29) is 6.17 Å². The third kappa shape index (κ3) is 4.39. The highest BCUT2D eigenvalue weighted by molar-refractivity contribution is 6.16. The van der Waals surface area contributed by atoms with Crippen LogP contribution in [0, 0.1) is 0 Å². The summed E-state index contributed by atoms with van der Waals surface area (Å²) in [6, 6.07) is 75.1. The lowest BCUT2D eigenvalue weighted by atomic mass is 9.67. The summed E-state index contributed by atoms with van der Waals surface area (Å²) in [5, 5.41) is 4.85. The topological polar surface area (TPSA) is 20.5 Å². The van der Waals surface area contributed by atoms with E-state index in [4.69, 9.17) is 4.99 Å². The molecule has 0 saturated heterocycles. The highest BCUT2D eigenvalue weighted by atomic mass is 15.7. The molecule has 1 unspecified atom stereocenters. The lowest BCUT2D eigenvalue weighted by Crippen LogP contribution is -2.50. The van der Waals surface area contributed by atoms with Crippen LogP contribution in [0.2, 0.25) is 0 Å². The van der Waals surface area contributed by atoms with Gasteiger partial charge in [0.1, 0.15) is 0 Å². The summed E-state index contributed by atoms with van der Waals surface area (Å²) in [4.78, 5) is 5.33. The van der Waals surface area contributed by atoms with Gasteiger partial charge in [0.25, 0.3) is 0 Å². The molecule has 254 valence electrons. The van der Waals surface area contributed by atoms with Gasteiger partial charge in [-0.3, -0.25) is 0 Å². The smallest absolute Gasteiger partial charge is 0.170 e. The number of benzene rings is 8. The Hall–Kier alpha value is -6.97. The third-order valence-electron chi connectivity index (χ3n) is 11.5. The van der Waals surface area contributed by atoms with Gasteiger partial charge in [0.05, 0.1) is 16.4 Å². The molecular formula is C51H35N3. The third-order valence-corrected chi connectivity index (χ3v) is 11.5. The van der Waals surface area contributed by atoms with Gasteiger partial charge in [0, 0.05) is 16.3 Å². The molecule has 11 rings (SSSR count). The molecule has 0 bridgehead atoms. The van der Waals surface area contributed by atoms with Crippen LogP contribution in [0.1, 0.15) is 39.5 Å². The number of nitrogens with zero attached hydrogens (tertiary/aromatic N) is 3. The quantitative estimate of drug-likeness (QED) is 0.170. The van der Waals surface area contributed by atoms with Gasteiger partial charge in [-0.05, 0) is 68.3 Å². The predicted octanol–water partition coefficient (Wildman–Crippen LogP) is 11.9. The Labute approximate surface area is 314 Å². The second-order valence-electron chi connectivity index (χ2n) is 14.3. The van der Waals surface area contributed by atoms with Crippen LogP contribution in [-0.4, -0.2) is 10.5 Å². The van der Waals surface area contributed by atoms with Gasteiger partial charge in [-0.25, -0.2) is 14.7 Å². The summed E-state index contributed by atoms with van der Waals surface area (Å²) in [7, 11) is 0. The van der Waals surface area contributed by atoms with Crippen molar-refractivity contribution >= 4 is 27.6 Å². The maximum Gasteiger partial charge on any atom is 0.170 e. The van der Waals surface area contributed by atoms with Crippen molar-refractivity contribution < 1.29 is 0 Å². The average Bonchev–Trinajstić information content (AvgIpc) is 3.70. The molecule has 1 atom stereocenters. The average molecular weight is 690 g/mol. The van der Waals surface area contributed by atoms with E-state index in [1.807, 2.05) is 0 Å². The maximum atomic E-state index is 5.33. The molecule has 54 heavy (non-hydrogen) atoms. The lowest BCUT2D eigenvalue weighted by Gasteiger charge is -2.41. The van der Waals surface area contributed by atoms with Crippen molar-refractivity contribution in [3.63, 3.8) is 0 Å². The van der Waals surface area contributed by atoms with Crippen molar-refractivity contribution in [2.45, 2.75) is 11.6 Å². The second kappa shape index (κ2) is 12.0. The van der Waals surface area contributed by atoms with E-state index in [1.165, 1.54) is 55.3 Å². The van der Waals surface area contributed by atoms with Crippen LogP contribution in [0.4, 0.5) is 0 Å². The molecule has 0 fully saturated rings. The Morgan fingerprint density at radius 1 is 0.407 bits per heavy atom. The summed E-state index contributed by atoms with van der Waals surface area (Å²) in [5.74, 6) is 0.956. The van der Waals surface area contributed by atoms with Gasteiger partial charge in [-0.15, -0.1) is 0 Å². The van der Waals surface area contributed by atoms with E-state index in [2.05, 4.69) is 216 Å². The Bertz CT molecular complexity index is 2820. The summed E-state index contributed by atoms with van der Waals surface area (Å²) < 4.78 is 2.46. The zero-order valence-corrected chi connectivity index (χ0v) is 29.5. The van der Waals surface area contributed by atoms with Crippen molar-refractivity contribution in [1.29, 1.82) is 0 Å². The van der Waals surface area contributed by atoms with Gasteiger partial charge >= 0.3 is 0 Å². The fourth-order valence-corrected chi connectivity index (χ4v) is 9.10. The first-order valence-corrected chi connectivity index (χ1v) is 18.7. The number of aliphatic imine (C=N–C) groups is 1. The molecule has 1 aliphatic heterocycles. The molecule has 3 heteroatoms. The van der Waals surface area contributed by atoms with Crippen LogP contribution in [-0.2, 0) is 5.41 Å². The molecule has 0 amide bonds. The molecule has 1 aliphatic carbocycles. The predicted molar refractivity (Wildman–Crippen MR) is 223 cm³/mol. The molecule has 0 saturated carbocycles. The lowest BCUT2D eigenvalue weighted by molar-refractivity contribution is 0.567. The largest absolute Gasteiger partial charge is 0.249 e. The van der Waals surface area contributed by atoms with E-state index >= 15 is 0 Å². The minimum Gasteiger partial charge on any atom is -0.249 e. The first kappa shape index (κ1) is 30.6. The van der Waals surface area contributed by atoms with Crippen LogP contribution in [0.15, 0.2) is 211 Å². The van der Waals surface area contributed by atoms with E-state index in [1.54, 1.807) is 0 Å². The minimum atomic E-state index is -0.485. The van der Waals surface area contributed by atoms with Crippen molar-refractivity contribution in [3.8, 4) is 22.3 Å². The SMILES string of the molecule is c1ccc(C2=NC(c3ccccc3)N2n2c3cc(-c4ccccc4)ccc3c3cc4c(cc32)-c2ccccc2C4(c2ccccc2)c2ccccc2)cc1. The zero-order chi connectivity index (χ0) is 35.6. The fourth-order valence-electron chi connectivity index (χ4n) is 9.10. The Balaban J connectivity index is 1.26. The van der Waals surface area contributed by atoms with Crippen LogP contribution in [0.25, 0.3) is 44.1 Å². The number of hydrogen-bond acceptors (Lipinski definition) is 2. The summed E-state index contributed by atoms with van der Waals surface area (Å²) in [6.45, 7) is 0. The molecule has 0 radical (unpaired) electrons. The highest BCUT2D eigenvalue weighted by Crippen LogP contribution is 2.57. The molecule has 2 aliphatic rings. The van der Waals surface area contributed by atoms with Crippen LogP contribution in [0.3, 0.4) is 0 Å². The molecule has 0 spiro atoms. The highest BCUT2D eigenvalue weighted by Gasteiger charge is 2.47. The van der Waals surface area contributed by atoms with Gasteiger partial charge in [-0.2, -0.15) is 0 Å². The van der Waals surface area contributed by atoms with Crippen molar-refractivity contribution in [2.24, 2.45) is 4.99 Å². The standard InChI is InChI=1S/C51H35N3/c1-6-18-35(19-7-1)38-30-31-42-44-33-46-43(41-28-16-17-29-45(41)51(46,39-24-12-4-13-25-39)40-26-14-5-15-27-40)34-48(44)53(47(42)32-38)54-49(36-20-8-2-9-21-36)52-50(54)37-22-10-3-11-23-37/h1-34,49H. The van der Waals surface area contributed by atoms with Gasteiger partial charge < -0.3 is 0 Å². The summed E-state index contributed by atoms with van der Waals surface area (Å²) in [5.41, 5.74) is 14.1. The molecule has 3 nitrogen and oxygen atoms in total. The summed E-state index contributed by atoms with van der Waals surface area (Å²) in [6.07, 6.45) is -0.186. The maximum absolute atomic E-state index is 5.33. The fraction of sp³-hybridized carbons (Fsp3) is 0.0392. The molecule has 1 aromatic heterocycles. The van der Waals surface area contributed by atoms with Crippen molar-refractivity contribution in [1.82, 2.24) is 4.68 Å². The van der Waals surface area contributed by atoms with Gasteiger partial charge in [0.15, 0.2) is 12.0 Å². The Morgan fingerprint density at radius 2 is 0.963 bits per heavy atom. The van der Waals surface area contributed by atoms with E-state index in [0.29, 0.717) is 0 Å². The normalized spacial score (nSPS) is 15.4. The Morgan fingerprint density at radius 3 is 1.63 bits per heavy atom. The molecule has 8 aromatic carbocycles. The van der Waals surface area contributed by atoms with Gasteiger partial charge in [0.2, 0.25) is 0 Å². The minimum absolute atomic E-state index is 0.186. The van der Waals surface area contributed by atoms with Gasteiger partial charge in [-0.1, -0.05) is 188 Å². The first-order valence-electron chi connectivity index (χ1n) is 18.7. The Kier molecular flexibility index (Phi) is 6.83. The van der Waals surface area contributed by atoms with E-state index in [9.17, 15) is 0 Å². The van der Waals surface area contributed by atoms with Crippen LogP contribution >= 0.6 is 0 Å². The zero-order valence-electron chi connectivity index (χ0n) is 29.5. The molecular weight excluding hydrogens is 655 g/mol. The van der Waals surface area contributed by atoms with E-state index in [0.717, 1.165) is 28.0 Å². The van der Waals surface area contributed by atoms with E-state index < -0.39 is 5.41 Å². The molecule has 9 aromatic rings. The molecule has 0 N–H and O–H groups in total. The first-order chi connectivity index (χ1) is 26.8. The monoisotopic (exact) mass is 689 g/mol. The number of aromatic nitrogens is 1. The summed E-state index contributed by atoms with van der Waals surface area (Å²) >= 11 is 0. The number of fused-ring (bicyclic) bond motifs is 6. The van der Waals surface area contributed by atoms with Crippen molar-refractivity contribution in [2.75, 3.05) is 5.01 Å².